The molecule has 1 atom stereocenters. The number of hydrogen-bond acceptors (Lipinski definition) is 4. The highest BCUT2D eigenvalue weighted by atomic mass is 35.5. The number of rotatable bonds is 4. The topological polar surface area (TPSA) is 50.5 Å². The van der Waals surface area contributed by atoms with Crippen LogP contribution in [0.3, 0.4) is 0 Å². The zero-order valence-electron chi connectivity index (χ0n) is 18.8. The predicted molar refractivity (Wildman–Crippen MR) is 133 cm³/mol. The summed E-state index contributed by atoms with van der Waals surface area (Å²) >= 11 is 7.18. The van der Waals surface area contributed by atoms with Crippen molar-refractivity contribution in [3.05, 3.63) is 69.2 Å². The molecule has 0 saturated carbocycles. The van der Waals surface area contributed by atoms with Crippen LogP contribution < -0.4 is 0 Å². The minimum atomic E-state index is -4.51. The minimum Gasteiger partial charge on any atom is -0.351 e. The van der Waals surface area contributed by atoms with Gasteiger partial charge in [-0.15, -0.1) is 0 Å². The lowest BCUT2D eigenvalue weighted by Gasteiger charge is -2.16. The number of nitrogens with zero attached hydrogens (tertiary/aromatic N) is 4. The average Bonchev–Trinajstić information content (AvgIpc) is 3.53. The summed E-state index contributed by atoms with van der Waals surface area (Å²) in [5.41, 5.74) is 0.814. The first kappa shape index (κ1) is 23.9. The van der Waals surface area contributed by atoms with Crippen LogP contribution in [0, 0.1) is 5.92 Å². The molecule has 182 valence electrons. The van der Waals surface area contributed by atoms with Crippen molar-refractivity contribution < 1.29 is 18.0 Å². The molecule has 1 amide bonds. The summed E-state index contributed by atoms with van der Waals surface area (Å²) < 4.78 is 42.0. The molecule has 3 heterocycles. The van der Waals surface area contributed by atoms with Crippen molar-refractivity contribution in [1.29, 1.82) is 0 Å². The fraction of sp³-hybridized carbons (Fsp3) is 0.320. The molecule has 1 saturated heterocycles. The van der Waals surface area contributed by atoms with Crippen LogP contribution in [-0.2, 0) is 17.5 Å². The Morgan fingerprint density at radius 1 is 1.23 bits per heavy atom. The van der Waals surface area contributed by atoms with Crippen molar-refractivity contribution in [3.8, 4) is 0 Å². The number of benzene rings is 2. The molecule has 35 heavy (non-hydrogen) atoms. The number of likely N-dealkylation sites (tertiary alicyclic amines) is 1. The molecule has 5 nitrogen and oxygen atoms in total. The van der Waals surface area contributed by atoms with E-state index < -0.39 is 11.7 Å². The van der Waals surface area contributed by atoms with Crippen LogP contribution >= 0.6 is 23.4 Å². The van der Waals surface area contributed by atoms with Crippen LogP contribution in [0.15, 0.2) is 52.5 Å². The number of amidine groups is 1. The molecule has 2 aliphatic heterocycles. The molecule has 0 aliphatic carbocycles. The van der Waals surface area contributed by atoms with Crippen LogP contribution in [0.5, 0.6) is 0 Å². The van der Waals surface area contributed by atoms with Crippen LogP contribution in [0.25, 0.3) is 17.0 Å². The zero-order chi connectivity index (χ0) is 24.7. The van der Waals surface area contributed by atoms with Gasteiger partial charge in [0.2, 0.25) is 0 Å². The lowest BCUT2D eigenvalue weighted by molar-refractivity contribution is -0.138. The quantitative estimate of drug-likeness (QED) is 0.372. The predicted octanol–water partition coefficient (Wildman–Crippen LogP) is 6.46. The maximum absolute atomic E-state index is 13.5. The van der Waals surface area contributed by atoms with Gasteiger partial charge in [0.05, 0.1) is 28.7 Å². The third-order valence-corrected chi connectivity index (χ3v) is 7.68. The van der Waals surface area contributed by atoms with E-state index in [0.29, 0.717) is 16.3 Å². The first-order chi connectivity index (χ1) is 16.7. The van der Waals surface area contributed by atoms with E-state index in [0.717, 1.165) is 48.1 Å². The molecule has 0 unspecified atom stereocenters. The highest BCUT2D eigenvalue weighted by Crippen LogP contribution is 2.35. The maximum atomic E-state index is 13.5. The Hall–Kier alpha value is -2.78. The van der Waals surface area contributed by atoms with E-state index >= 15 is 0 Å². The molecule has 0 N–H and O–H groups in total. The third-order valence-electron chi connectivity index (χ3n) is 6.40. The number of hydrogen-bond donors (Lipinski definition) is 0. The molecule has 2 aromatic carbocycles. The van der Waals surface area contributed by atoms with Crippen LogP contribution in [-0.4, -0.2) is 38.8 Å². The van der Waals surface area contributed by atoms with Gasteiger partial charge in [-0.3, -0.25) is 9.48 Å². The summed E-state index contributed by atoms with van der Waals surface area (Å²) in [7, 11) is 0. The second-order valence-electron chi connectivity index (χ2n) is 8.74. The summed E-state index contributed by atoms with van der Waals surface area (Å²) in [6, 6.07) is 9.25. The summed E-state index contributed by atoms with van der Waals surface area (Å²) in [6.45, 7) is 3.98. The van der Waals surface area contributed by atoms with Gasteiger partial charge in [0.25, 0.3) is 5.91 Å². The smallest absolute Gasteiger partial charge is 0.351 e. The summed E-state index contributed by atoms with van der Waals surface area (Å²) in [5, 5.41) is 5.86. The fourth-order valence-electron chi connectivity index (χ4n) is 4.46. The first-order valence-corrected chi connectivity index (χ1v) is 12.5. The van der Waals surface area contributed by atoms with Crippen LogP contribution in [0.2, 0.25) is 5.02 Å². The van der Waals surface area contributed by atoms with Gasteiger partial charge in [-0.1, -0.05) is 37.1 Å². The van der Waals surface area contributed by atoms with Gasteiger partial charge in [-0.2, -0.15) is 23.3 Å². The standard InChI is InChI=1S/C25H22ClF3N4OS/c1-2-15-7-8-32(13-15)24-31-23(34)22(35-24)10-16-3-6-21-18(9-16)12-30-33(21)14-17-4-5-19(26)11-20(17)25(27,28)29/h3-6,9-12,15H,2,7-8,13-14H2,1H3/b22-10-/t15-/m0/s1. The summed E-state index contributed by atoms with van der Waals surface area (Å²) in [5.74, 6) is 0.392. The van der Waals surface area contributed by atoms with Gasteiger partial charge < -0.3 is 4.90 Å². The third kappa shape index (κ3) is 4.97. The number of alkyl halides is 3. The van der Waals surface area contributed by atoms with E-state index in [1.807, 2.05) is 12.1 Å². The van der Waals surface area contributed by atoms with Gasteiger partial charge in [-0.25, -0.2) is 0 Å². The number of halogens is 4. The average molecular weight is 519 g/mol. The van der Waals surface area contributed by atoms with Crippen LogP contribution in [0.1, 0.15) is 36.5 Å². The molecule has 0 radical (unpaired) electrons. The number of aliphatic imine (C=N–C) groups is 1. The van der Waals surface area contributed by atoms with Crippen molar-refractivity contribution in [2.75, 3.05) is 13.1 Å². The SMILES string of the molecule is CC[C@H]1CCN(C2=NC(=O)/C(=C/c3ccc4c(cnn4Cc4ccc(Cl)cc4C(F)(F)F)c3)S2)C1. The molecular formula is C25H22ClF3N4OS. The van der Waals surface area contributed by atoms with Gasteiger partial charge in [0.15, 0.2) is 5.17 Å². The van der Waals surface area contributed by atoms with Gasteiger partial charge in [0, 0.05) is 23.5 Å². The molecule has 0 bridgehead atoms. The fourth-order valence-corrected chi connectivity index (χ4v) is 5.58. The molecular weight excluding hydrogens is 497 g/mol. The number of carbonyl (C=O) groups excluding carboxylic acids is 1. The Balaban J connectivity index is 1.36. The molecule has 3 aromatic rings. The van der Waals surface area contributed by atoms with Gasteiger partial charge in [0.1, 0.15) is 0 Å². The Labute approximate surface area is 209 Å². The van der Waals surface area contributed by atoms with Gasteiger partial charge >= 0.3 is 6.18 Å². The second-order valence-corrected chi connectivity index (χ2v) is 10.2. The molecule has 10 heteroatoms. The molecule has 5 rings (SSSR count). The number of carbonyl (C=O) groups is 1. The van der Waals surface area contributed by atoms with Crippen molar-refractivity contribution in [2.45, 2.75) is 32.5 Å². The van der Waals surface area contributed by atoms with Crippen LogP contribution in [0.4, 0.5) is 13.2 Å². The number of thioether (sulfide) groups is 1. The normalized spacial score (nSPS) is 19.9. The van der Waals surface area contributed by atoms with Crippen molar-refractivity contribution in [3.63, 3.8) is 0 Å². The molecule has 2 aliphatic rings. The molecule has 1 aromatic heterocycles. The largest absolute Gasteiger partial charge is 0.416 e. The van der Waals surface area contributed by atoms with E-state index in [2.05, 4.69) is 21.9 Å². The number of aromatic nitrogens is 2. The van der Waals surface area contributed by atoms with E-state index in [-0.39, 0.29) is 23.0 Å². The van der Waals surface area contributed by atoms with Gasteiger partial charge in [-0.05, 0) is 65.6 Å². The van der Waals surface area contributed by atoms with E-state index in [1.54, 1.807) is 18.3 Å². The number of fused-ring (bicyclic) bond motifs is 1. The Morgan fingerprint density at radius 2 is 2.06 bits per heavy atom. The van der Waals surface area contributed by atoms with Crippen molar-refractivity contribution in [2.24, 2.45) is 10.9 Å². The Kier molecular flexibility index (Phi) is 6.40. The highest BCUT2D eigenvalue weighted by molar-refractivity contribution is 8.18. The molecule has 0 spiro atoms. The number of amides is 1. The van der Waals surface area contributed by atoms with E-state index in [4.69, 9.17) is 11.6 Å². The molecule has 1 fully saturated rings. The summed E-state index contributed by atoms with van der Waals surface area (Å²) in [6.07, 6.45) is 1.13. The Morgan fingerprint density at radius 3 is 2.80 bits per heavy atom. The minimum absolute atomic E-state index is 0.0328. The van der Waals surface area contributed by atoms with Crippen molar-refractivity contribution in [1.82, 2.24) is 14.7 Å². The second kappa shape index (κ2) is 9.35. The first-order valence-electron chi connectivity index (χ1n) is 11.3. The van der Waals surface area contributed by atoms with E-state index in [9.17, 15) is 18.0 Å². The lowest BCUT2D eigenvalue weighted by atomic mass is 10.1. The maximum Gasteiger partial charge on any atom is 0.416 e. The lowest BCUT2D eigenvalue weighted by Crippen LogP contribution is -2.25. The Bertz CT molecular complexity index is 1360. The highest BCUT2D eigenvalue weighted by Gasteiger charge is 2.34. The summed E-state index contributed by atoms with van der Waals surface area (Å²) in [4.78, 5) is 19.5. The van der Waals surface area contributed by atoms with E-state index in [1.165, 1.54) is 28.6 Å². The zero-order valence-corrected chi connectivity index (χ0v) is 20.4. The monoisotopic (exact) mass is 518 g/mol. The van der Waals surface area contributed by atoms with Crippen molar-refractivity contribution >= 4 is 51.4 Å².